The quantitative estimate of drug-likeness (QED) is 0.512. The average Bonchev–Trinajstić information content (AvgIpc) is 2.01. The lowest BCUT2D eigenvalue weighted by Gasteiger charge is -2.30. The van der Waals surface area contributed by atoms with Gasteiger partial charge in [-0.1, -0.05) is 0 Å². The van der Waals surface area contributed by atoms with Crippen LogP contribution in [-0.4, -0.2) is 31.3 Å². The second-order valence-electron chi connectivity index (χ2n) is 3.15. The Labute approximate surface area is 80.4 Å². The Morgan fingerprint density at radius 3 is 1.57 bits per heavy atom. The third kappa shape index (κ3) is 3.14. The van der Waals surface area contributed by atoms with E-state index in [0.717, 1.165) is 0 Å². The van der Waals surface area contributed by atoms with Gasteiger partial charge in [-0.15, -0.1) is 0 Å². The summed E-state index contributed by atoms with van der Waals surface area (Å²) in [5.41, 5.74) is 0. The highest BCUT2D eigenvalue weighted by Crippen LogP contribution is 2.53. The summed E-state index contributed by atoms with van der Waals surface area (Å²) in [6.45, 7) is 0. The minimum atomic E-state index is -4.41. The molecule has 4 N–H and O–H groups in total. The Morgan fingerprint density at radius 2 is 1.29 bits per heavy atom. The molecular formula is C5H12O7P2. The smallest absolute Gasteiger partial charge is 0.350 e. The fourth-order valence-corrected chi connectivity index (χ4v) is 3.02. The van der Waals surface area contributed by atoms with Gasteiger partial charge in [0.05, 0.1) is 0 Å². The van der Waals surface area contributed by atoms with E-state index in [9.17, 15) is 9.13 Å². The molecule has 0 aromatic carbocycles. The highest BCUT2D eigenvalue weighted by atomic mass is 31.2. The lowest BCUT2D eigenvalue weighted by atomic mass is 10.2. The molecule has 2 atom stereocenters. The Kier molecular flexibility index (Phi) is 3.54. The van der Waals surface area contributed by atoms with Crippen molar-refractivity contribution in [3.05, 3.63) is 0 Å². The lowest BCUT2D eigenvalue weighted by molar-refractivity contribution is 0.0108. The van der Waals surface area contributed by atoms with Crippen molar-refractivity contribution < 1.29 is 33.4 Å². The summed E-state index contributed by atoms with van der Waals surface area (Å²) in [7, 11) is -8.83. The molecule has 0 amide bonds. The summed E-state index contributed by atoms with van der Waals surface area (Å²) in [4.78, 5) is 35.0. The van der Waals surface area contributed by atoms with Crippen LogP contribution in [-0.2, 0) is 13.9 Å². The van der Waals surface area contributed by atoms with Gasteiger partial charge in [-0.05, 0) is 19.3 Å². The van der Waals surface area contributed by atoms with Crippen LogP contribution in [0.15, 0.2) is 0 Å². The molecule has 0 aromatic heterocycles. The van der Waals surface area contributed by atoms with Gasteiger partial charge >= 0.3 is 15.2 Å². The van der Waals surface area contributed by atoms with Gasteiger partial charge in [0, 0.05) is 0 Å². The number of ether oxygens (including phenoxy) is 1. The number of hydrogen-bond acceptors (Lipinski definition) is 3. The third-order valence-electron chi connectivity index (χ3n) is 1.97. The molecule has 0 spiro atoms. The van der Waals surface area contributed by atoms with Crippen molar-refractivity contribution in [1.29, 1.82) is 0 Å². The highest BCUT2D eigenvalue weighted by molar-refractivity contribution is 7.53. The van der Waals surface area contributed by atoms with Crippen molar-refractivity contribution in [1.82, 2.24) is 0 Å². The molecule has 2 unspecified atom stereocenters. The Hall–Kier alpha value is 0.260. The summed E-state index contributed by atoms with van der Waals surface area (Å²) >= 11 is 0. The van der Waals surface area contributed by atoms with Crippen LogP contribution >= 0.6 is 15.2 Å². The van der Waals surface area contributed by atoms with E-state index < -0.39 is 26.9 Å². The summed E-state index contributed by atoms with van der Waals surface area (Å²) in [6.07, 6.45) is 0.590. The number of hydrogen-bond donors (Lipinski definition) is 4. The van der Waals surface area contributed by atoms with Gasteiger partial charge in [0.1, 0.15) is 0 Å². The molecule has 0 radical (unpaired) electrons. The van der Waals surface area contributed by atoms with E-state index in [-0.39, 0.29) is 12.8 Å². The van der Waals surface area contributed by atoms with Crippen LogP contribution in [0.5, 0.6) is 0 Å². The van der Waals surface area contributed by atoms with Gasteiger partial charge in [0.25, 0.3) is 0 Å². The Balaban J connectivity index is 2.71. The average molecular weight is 246 g/mol. The van der Waals surface area contributed by atoms with E-state index in [1.165, 1.54) is 0 Å². The molecule has 7 nitrogen and oxygen atoms in total. The first kappa shape index (κ1) is 12.3. The zero-order valence-electron chi connectivity index (χ0n) is 7.18. The maximum atomic E-state index is 10.8. The molecular weight excluding hydrogens is 234 g/mol. The standard InChI is InChI=1S/C5H12O7P2/c6-13(7,8)4-2-1-3-5(12-4)14(9,10)11/h4-5H,1-3H2,(H2,6,7,8)(H2,9,10,11). The maximum Gasteiger partial charge on any atom is 0.354 e. The van der Waals surface area contributed by atoms with Crippen LogP contribution in [0.4, 0.5) is 0 Å². The van der Waals surface area contributed by atoms with Crippen LogP contribution in [0.1, 0.15) is 19.3 Å². The largest absolute Gasteiger partial charge is 0.354 e. The molecule has 1 saturated heterocycles. The van der Waals surface area contributed by atoms with Crippen LogP contribution in [0.25, 0.3) is 0 Å². The molecule has 1 fully saturated rings. The van der Waals surface area contributed by atoms with Gasteiger partial charge in [0.15, 0.2) is 11.7 Å². The molecule has 14 heavy (non-hydrogen) atoms. The predicted octanol–water partition coefficient (Wildman–Crippen LogP) is 0.194. The predicted molar refractivity (Wildman–Crippen MR) is 46.6 cm³/mol. The van der Waals surface area contributed by atoms with E-state index >= 15 is 0 Å². The van der Waals surface area contributed by atoms with E-state index in [1.54, 1.807) is 0 Å². The molecule has 9 heteroatoms. The minimum Gasteiger partial charge on any atom is -0.350 e. The molecule has 0 bridgehead atoms. The maximum absolute atomic E-state index is 10.8. The highest BCUT2D eigenvalue weighted by Gasteiger charge is 2.41. The molecule has 0 aliphatic carbocycles. The molecule has 0 aromatic rings. The molecule has 1 rings (SSSR count). The van der Waals surface area contributed by atoms with Crippen LogP contribution in [0.3, 0.4) is 0 Å². The molecule has 0 saturated carbocycles. The SMILES string of the molecule is O=P(O)(O)C1CCCC(P(=O)(O)O)O1. The summed E-state index contributed by atoms with van der Waals surface area (Å²) in [5.74, 6) is -2.76. The first-order chi connectivity index (χ1) is 6.21. The second kappa shape index (κ2) is 4.02. The van der Waals surface area contributed by atoms with Crippen LogP contribution in [0, 0.1) is 0 Å². The van der Waals surface area contributed by atoms with E-state index in [4.69, 9.17) is 19.6 Å². The minimum absolute atomic E-state index is 0.126. The van der Waals surface area contributed by atoms with Crippen molar-refractivity contribution in [2.24, 2.45) is 0 Å². The first-order valence-corrected chi connectivity index (χ1v) is 7.33. The van der Waals surface area contributed by atoms with Gasteiger partial charge in [-0.25, -0.2) is 0 Å². The zero-order chi connectivity index (χ0) is 11.0. The fraction of sp³-hybridized carbons (Fsp3) is 1.00. The lowest BCUT2D eigenvalue weighted by Crippen LogP contribution is -2.27. The molecule has 1 aliphatic rings. The first-order valence-electron chi connectivity index (χ1n) is 3.97. The molecule has 84 valence electrons. The van der Waals surface area contributed by atoms with Gasteiger partial charge in [-0.2, -0.15) is 0 Å². The van der Waals surface area contributed by atoms with E-state index in [2.05, 4.69) is 4.74 Å². The van der Waals surface area contributed by atoms with Gasteiger partial charge < -0.3 is 24.3 Å². The monoisotopic (exact) mass is 246 g/mol. The van der Waals surface area contributed by atoms with Crippen molar-refractivity contribution in [3.8, 4) is 0 Å². The van der Waals surface area contributed by atoms with Crippen molar-refractivity contribution in [2.45, 2.75) is 31.0 Å². The summed E-state index contributed by atoms with van der Waals surface area (Å²) < 4.78 is 26.2. The Morgan fingerprint density at radius 1 is 0.929 bits per heavy atom. The fourth-order valence-electron chi connectivity index (χ4n) is 1.28. The zero-order valence-corrected chi connectivity index (χ0v) is 8.97. The molecule has 1 heterocycles. The van der Waals surface area contributed by atoms with Crippen molar-refractivity contribution in [2.75, 3.05) is 0 Å². The number of rotatable bonds is 2. The van der Waals surface area contributed by atoms with Crippen LogP contribution < -0.4 is 0 Å². The van der Waals surface area contributed by atoms with Gasteiger partial charge in [-0.3, -0.25) is 9.13 Å². The normalized spacial score (nSPS) is 30.3. The summed E-state index contributed by atoms with van der Waals surface area (Å²) in [6, 6.07) is 0. The van der Waals surface area contributed by atoms with Gasteiger partial charge in [0.2, 0.25) is 0 Å². The topological polar surface area (TPSA) is 124 Å². The van der Waals surface area contributed by atoms with Crippen LogP contribution in [0.2, 0.25) is 0 Å². The summed E-state index contributed by atoms with van der Waals surface area (Å²) in [5, 5.41) is 0. The Bertz CT molecular complexity index is 262. The van der Waals surface area contributed by atoms with Crippen molar-refractivity contribution in [3.63, 3.8) is 0 Å². The second-order valence-corrected chi connectivity index (χ2v) is 6.66. The molecule has 1 aliphatic heterocycles. The van der Waals surface area contributed by atoms with E-state index in [0.29, 0.717) is 6.42 Å². The van der Waals surface area contributed by atoms with Crippen molar-refractivity contribution >= 4 is 15.2 Å². The third-order valence-corrected chi connectivity index (χ3v) is 4.23. The van der Waals surface area contributed by atoms with E-state index in [1.807, 2.05) is 0 Å².